The van der Waals surface area contributed by atoms with E-state index in [0.717, 1.165) is 19.3 Å². The number of hydrogen-bond donors (Lipinski definition) is 3. The number of rotatable bonds is 6. The van der Waals surface area contributed by atoms with E-state index in [2.05, 4.69) is 10.6 Å². The number of piperidine rings is 1. The highest BCUT2D eigenvalue weighted by Gasteiger charge is 2.46. The fourth-order valence-corrected chi connectivity index (χ4v) is 3.18. The highest BCUT2D eigenvalue weighted by Crippen LogP contribution is 2.22. The SMILES string of the molecule is CC1(C)C(=O)NC(=O)N1CC(=O)N1CCCCC1CNC(=O)CCN. The summed E-state index contributed by atoms with van der Waals surface area (Å²) in [7, 11) is 0. The molecule has 1 unspecified atom stereocenters. The molecule has 2 rings (SSSR count). The van der Waals surface area contributed by atoms with Crippen molar-refractivity contribution in [1.82, 2.24) is 20.4 Å². The lowest BCUT2D eigenvalue weighted by Crippen LogP contribution is -2.55. The molecule has 0 aromatic rings. The van der Waals surface area contributed by atoms with Gasteiger partial charge in [-0.2, -0.15) is 0 Å². The number of nitrogens with two attached hydrogens (primary N) is 1. The Morgan fingerprint density at radius 1 is 1.32 bits per heavy atom. The number of nitrogens with one attached hydrogen (secondary N) is 2. The van der Waals surface area contributed by atoms with E-state index in [0.29, 0.717) is 13.1 Å². The van der Waals surface area contributed by atoms with Crippen LogP contribution in [0.3, 0.4) is 0 Å². The van der Waals surface area contributed by atoms with Gasteiger partial charge < -0.3 is 20.9 Å². The first-order chi connectivity index (χ1) is 11.8. The van der Waals surface area contributed by atoms with Gasteiger partial charge in [-0.1, -0.05) is 0 Å². The normalized spacial score (nSPS) is 22.8. The third-order valence-electron chi connectivity index (χ3n) is 4.84. The number of likely N-dealkylation sites (tertiary alicyclic amines) is 1. The smallest absolute Gasteiger partial charge is 0.325 e. The van der Waals surface area contributed by atoms with Gasteiger partial charge in [0.15, 0.2) is 0 Å². The van der Waals surface area contributed by atoms with Gasteiger partial charge in [-0.25, -0.2) is 4.79 Å². The number of carbonyl (C=O) groups excluding carboxylic acids is 4. The second-order valence-electron chi connectivity index (χ2n) is 6.98. The van der Waals surface area contributed by atoms with Crippen LogP contribution in [0.4, 0.5) is 4.79 Å². The first-order valence-electron chi connectivity index (χ1n) is 8.66. The molecule has 9 heteroatoms. The molecule has 2 aliphatic heterocycles. The van der Waals surface area contributed by atoms with Crippen LogP contribution in [-0.4, -0.2) is 71.3 Å². The number of amides is 5. The Hall–Kier alpha value is -2.16. The monoisotopic (exact) mass is 353 g/mol. The number of carbonyl (C=O) groups is 4. The lowest BCUT2D eigenvalue weighted by molar-refractivity contribution is -0.137. The van der Waals surface area contributed by atoms with E-state index in [9.17, 15) is 19.2 Å². The van der Waals surface area contributed by atoms with Crippen molar-refractivity contribution in [2.45, 2.75) is 51.1 Å². The first-order valence-corrected chi connectivity index (χ1v) is 8.66. The zero-order valence-corrected chi connectivity index (χ0v) is 14.8. The predicted octanol–water partition coefficient (Wildman–Crippen LogP) is -0.837. The Morgan fingerprint density at radius 2 is 2.04 bits per heavy atom. The second kappa shape index (κ2) is 7.81. The molecule has 0 aromatic carbocycles. The van der Waals surface area contributed by atoms with Gasteiger partial charge in [-0.15, -0.1) is 0 Å². The number of urea groups is 1. The van der Waals surface area contributed by atoms with Gasteiger partial charge in [0.05, 0.1) is 0 Å². The molecule has 0 spiro atoms. The summed E-state index contributed by atoms with van der Waals surface area (Å²) >= 11 is 0. The molecular formula is C16H27N5O4. The van der Waals surface area contributed by atoms with Gasteiger partial charge in [-0.3, -0.25) is 19.7 Å². The second-order valence-corrected chi connectivity index (χ2v) is 6.98. The lowest BCUT2D eigenvalue weighted by Gasteiger charge is -2.38. The summed E-state index contributed by atoms with van der Waals surface area (Å²) in [6.07, 6.45) is 2.91. The third kappa shape index (κ3) is 4.28. The van der Waals surface area contributed by atoms with E-state index in [1.54, 1.807) is 18.7 Å². The molecule has 2 fully saturated rings. The van der Waals surface area contributed by atoms with Crippen molar-refractivity contribution in [1.29, 1.82) is 0 Å². The molecule has 5 amide bonds. The zero-order chi connectivity index (χ0) is 18.6. The van der Waals surface area contributed by atoms with Gasteiger partial charge in [0.2, 0.25) is 11.8 Å². The predicted molar refractivity (Wildman–Crippen MR) is 90.4 cm³/mol. The van der Waals surface area contributed by atoms with Crippen LogP contribution in [0.15, 0.2) is 0 Å². The van der Waals surface area contributed by atoms with Crippen LogP contribution in [-0.2, 0) is 14.4 Å². The Bertz CT molecular complexity index is 563. The van der Waals surface area contributed by atoms with Crippen molar-refractivity contribution in [2.75, 3.05) is 26.2 Å². The van der Waals surface area contributed by atoms with E-state index in [-0.39, 0.29) is 37.4 Å². The lowest BCUT2D eigenvalue weighted by atomic mass is 10.0. The van der Waals surface area contributed by atoms with Crippen molar-refractivity contribution in [3.05, 3.63) is 0 Å². The highest BCUT2D eigenvalue weighted by atomic mass is 16.2. The number of nitrogens with zero attached hydrogens (tertiary/aromatic N) is 2. The summed E-state index contributed by atoms with van der Waals surface area (Å²) in [5.41, 5.74) is 4.31. The summed E-state index contributed by atoms with van der Waals surface area (Å²) in [4.78, 5) is 51.1. The molecule has 9 nitrogen and oxygen atoms in total. The van der Waals surface area contributed by atoms with Crippen molar-refractivity contribution in [3.63, 3.8) is 0 Å². The van der Waals surface area contributed by atoms with Crippen LogP contribution >= 0.6 is 0 Å². The molecule has 4 N–H and O–H groups in total. The van der Waals surface area contributed by atoms with Gasteiger partial charge in [0, 0.05) is 32.1 Å². The Kier molecular flexibility index (Phi) is 5.99. The molecule has 0 aromatic heterocycles. The van der Waals surface area contributed by atoms with Crippen molar-refractivity contribution >= 4 is 23.8 Å². The van der Waals surface area contributed by atoms with E-state index in [4.69, 9.17) is 5.73 Å². The maximum atomic E-state index is 12.7. The van der Waals surface area contributed by atoms with Crippen molar-refractivity contribution in [2.24, 2.45) is 5.73 Å². The summed E-state index contributed by atoms with van der Waals surface area (Å²) in [5, 5.41) is 5.04. The van der Waals surface area contributed by atoms with Crippen LogP contribution in [0.25, 0.3) is 0 Å². The van der Waals surface area contributed by atoms with Crippen molar-refractivity contribution in [3.8, 4) is 0 Å². The van der Waals surface area contributed by atoms with E-state index in [1.807, 2.05) is 0 Å². The summed E-state index contributed by atoms with van der Waals surface area (Å²) in [6, 6.07) is -0.652. The molecule has 2 saturated heterocycles. The zero-order valence-electron chi connectivity index (χ0n) is 14.8. The first kappa shape index (κ1) is 19.2. The van der Waals surface area contributed by atoms with Crippen LogP contribution in [0.5, 0.6) is 0 Å². The Morgan fingerprint density at radius 3 is 2.64 bits per heavy atom. The minimum Gasteiger partial charge on any atom is -0.354 e. The molecule has 2 aliphatic rings. The minimum atomic E-state index is -1.05. The Labute approximate surface area is 147 Å². The molecule has 1 atom stereocenters. The molecule has 140 valence electrons. The number of imide groups is 1. The van der Waals surface area contributed by atoms with Crippen LogP contribution in [0.1, 0.15) is 39.5 Å². The summed E-state index contributed by atoms with van der Waals surface area (Å²) in [5.74, 6) is -0.753. The van der Waals surface area contributed by atoms with Crippen molar-refractivity contribution < 1.29 is 19.2 Å². The van der Waals surface area contributed by atoms with E-state index < -0.39 is 17.5 Å². The quantitative estimate of drug-likeness (QED) is 0.537. The highest BCUT2D eigenvalue weighted by molar-refractivity contribution is 6.07. The van der Waals surface area contributed by atoms with E-state index in [1.165, 1.54) is 4.90 Å². The fraction of sp³-hybridized carbons (Fsp3) is 0.750. The Balaban J connectivity index is 1.99. The van der Waals surface area contributed by atoms with Crippen LogP contribution in [0.2, 0.25) is 0 Å². The molecule has 2 heterocycles. The summed E-state index contributed by atoms with van der Waals surface area (Å²) in [6.45, 7) is 4.31. The van der Waals surface area contributed by atoms with Gasteiger partial charge >= 0.3 is 6.03 Å². The standard InChI is InChI=1S/C16H27N5O4/c1-16(2)14(24)19-15(25)21(16)10-13(23)20-8-4-3-5-11(20)9-18-12(22)6-7-17/h11H,3-10,17H2,1-2H3,(H,18,22)(H,19,24,25). The average molecular weight is 353 g/mol. The van der Waals surface area contributed by atoms with Crippen LogP contribution in [0, 0.1) is 0 Å². The molecule has 0 bridgehead atoms. The molecule has 0 aliphatic carbocycles. The molecule has 25 heavy (non-hydrogen) atoms. The summed E-state index contributed by atoms with van der Waals surface area (Å²) < 4.78 is 0. The molecular weight excluding hydrogens is 326 g/mol. The molecule has 0 saturated carbocycles. The maximum absolute atomic E-state index is 12.7. The largest absolute Gasteiger partial charge is 0.354 e. The van der Waals surface area contributed by atoms with Crippen LogP contribution < -0.4 is 16.4 Å². The average Bonchev–Trinajstić information content (AvgIpc) is 2.75. The minimum absolute atomic E-state index is 0.104. The molecule has 0 radical (unpaired) electrons. The van der Waals surface area contributed by atoms with E-state index >= 15 is 0 Å². The van der Waals surface area contributed by atoms with Gasteiger partial charge in [-0.05, 0) is 33.1 Å². The van der Waals surface area contributed by atoms with Gasteiger partial charge in [0.1, 0.15) is 12.1 Å². The third-order valence-corrected chi connectivity index (χ3v) is 4.84. The maximum Gasteiger partial charge on any atom is 0.325 e. The fourth-order valence-electron chi connectivity index (χ4n) is 3.18. The van der Waals surface area contributed by atoms with Gasteiger partial charge in [0.25, 0.3) is 5.91 Å². The number of hydrogen-bond acceptors (Lipinski definition) is 5. The topological polar surface area (TPSA) is 125 Å².